The fraction of sp³-hybridized carbons (Fsp3) is 0.132. The molecule has 3 heteroatoms. The Kier molecular flexibility index (Phi) is 8.84. The zero-order valence-electron chi connectivity index (χ0n) is 31.4. The first-order valence-electron chi connectivity index (χ1n) is 19.9. The van der Waals surface area contributed by atoms with Crippen LogP contribution in [0.5, 0.6) is 11.5 Å². The van der Waals surface area contributed by atoms with Crippen LogP contribution in [0, 0.1) is 0 Å². The number of aromatic nitrogens is 2. The van der Waals surface area contributed by atoms with Gasteiger partial charge in [0.2, 0.25) is 0 Å². The summed E-state index contributed by atoms with van der Waals surface area (Å²) in [6.07, 6.45) is 26.5. The van der Waals surface area contributed by atoms with Crippen LogP contribution in [0.4, 0.5) is 0 Å². The number of nitrogens with zero attached hydrogens (tertiary/aromatic N) is 2. The smallest absolute Gasteiger partial charge is 0.160 e. The molecule has 0 atom stereocenters. The van der Waals surface area contributed by atoms with Gasteiger partial charge in [0.1, 0.15) is 11.5 Å². The summed E-state index contributed by atoms with van der Waals surface area (Å²) >= 11 is 0. The summed E-state index contributed by atoms with van der Waals surface area (Å²) in [6, 6.07) is 46.1. The predicted octanol–water partition coefficient (Wildman–Crippen LogP) is 13.7. The van der Waals surface area contributed by atoms with Crippen LogP contribution in [-0.2, 0) is 5.41 Å². The largest absolute Gasteiger partial charge is 0.457 e. The SMILES string of the molecule is C1=CCCC(c2cc(-c3cccc(-c4cccc(-c5ccccc5C5(C6=CCCC=C6)c6ccccc6Oc6ccccc65)c4)c3)nc(C3=CCCC=C3)n2)=C1. The Morgan fingerprint density at radius 1 is 0.500 bits per heavy atom. The van der Waals surface area contributed by atoms with Gasteiger partial charge in [0, 0.05) is 22.3 Å². The van der Waals surface area contributed by atoms with Crippen LogP contribution >= 0.6 is 0 Å². The summed E-state index contributed by atoms with van der Waals surface area (Å²) in [7, 11) is 0. The van der Waals surface area contributed by atoms with Gasteiger partial charge in [-0.1, -0.05) is 152 Å². The van der Waals surface area contributed by atoms with E-state index < -0.39 is 5.41 Å². The number of benzene rings is 5. The van der Waals surface area contributed by atoms with Gasteiger partial charge in [-0.3, -0.25) is 0 Å². The van der Waals surface area contributed by atoms with Gasteiger partial charge in [-0.2, -0.15) is 0 Å². The Morgan fingerprint density at radius 2 is 1.14 bits per heavy atom. The highest BCUT2D eigenvalue weighted by molar-refractivity contribution is 5.83. The minimum absolute atomic E-state index is 0.566. The van der Waals surface area contributed by atoms with Crippen LogP contribution in [0.15, 0.2) is 188 Å². The van der Waals surface area contributed by atoms with Crippen LogP contribution in [0.25, 0.3) is 44.7 Å². The third kappa shape index (κ3) is 6.01. The lowest BCUT2D eigenvalue weighted by Crippen LogP contribution is -2.35. The average molecular weight is 723 g/mol. The first kappa shape index (κ1) is 33.9. The first-order chi connectivity index (χ1) is 27.8. The molecule has 0 amide bonds. The molecule has 1 aromatic heterocycles. The maximum atomic E-state index is 6.63. The van der Waals surface area contributed by atoms with E-state index in [9.17, 15) is 0 Å². The second kappa shape index (κ2) is 14.6. The van der Waals surface area contributed by atoms with Crippen molar-refractivity contribution in [3.8, 4) is 45.0 Å². The van der Waals surface area contributed by atoms with E-state index in [1.165, 1.54) is 27.8 Å². The molecule has 6 aromatic rings. The number of hydrogen-bond acceptors (Lipinski definition) is 3. The van der Waals surface area contributed by atoms with Gasteiger partial charge in [-0.25, -0.2) is 9.97 Å². The van der Waals surface area contributed by atoms with E-state index in [0.717, 1.165) is 101 Å². The molecule has 3 nitrogen and oxygen atoms in total. The third-order valence-electron chi connectivity index (χ3n) is 11.5. The van der Waals surface area contributed by atoms with Crippen LogP contribution in [0.2, 0.25) is 0 Å². The van der Waals surface area contributed by atoms with Crippen molar-refractivity contribution in [2.24, 2.45) is 0 Å². The molecule has 0 fully saturated rings. The molecule has 0 spiro atoms. The average Bonchev–Trinajstić information content (AvgIpc) is 3.29. The summed E-state index contributed by atoms with van der Waals surface area (Å²) in [4.78, 5) is 10.3. The molecule has 0 saturated heterocycles. The van der Waals surface area contributed by atoms with E-state index in [1.54, 1.807) is 0 Å². The van der Waals surface area contributed by atoms with Gasteiger partial charge in [-0.05, 0) is 108 Å². The van der Waals surface area contributed by atoms with Crippen molar-refractivity contribution in [3.63, 3.8) is 0 Å². The zero-order valence-corrected chi connectivity index (χ0v) is 31.4. The molecule has 56 heavy (non-hydrogen) atoms. The van der Waals surface area contributed by atoms with E-state index in [-0.39, 0.29) is 0 Å². The summed E-state index contributed by atoms with van der Waals surface area (Å²) in [5.74, 6) is 2.59. The highest BCUT2D eigenvalue weighted by atomic mass is 16.5. The van der Waals surface area contributed by atoms with E-state index >= 15 is 0 Å². The van der Waals surface area contributed by atoms with Gasteiger partial charge in [0.05, 0.1) is 16.8 Å². The zero-order chi connectivity index (χ0) is 37.3. The lowest BCUT2D eigenvalue weighted by molar-refractivity contribution is 0.434. The third-order valence-corrected chi connectivity index (χ3v) is 11.5. The Bertz CT molecular complexity index is 2640. The van der Waals surface area contributed by atoms with Crippen molar-refractivity contribution in [1.82, 2.24) is 9.97 Å². The number of allylic oxidation sites excluding steroid dienone is 12. The topological polar surface area (TPSA) is 35.0 Å². The fourth-order valence-electron chi connectivity index (χ4n) is 8.91. The molecule has 3 aliphatic carbocycles. The van der Waals surface area contributed by atoms with Crippen LogP contribution < -0.4 is 4.74 Å². The van der Waals surface area contributed by atoms with E-state index in [4.69, 9.17) is 14.7 Å². The normalized spacial score (nSPS) is 16.5. The van der Waals surface area contributed by atoms with E-state index in [1.807, 2.05) is 0 Å². The number of hydrogen-bond donors (Lipinski definition) is 0. The molecule has 0 N–H and O–H groups in total. The quantitative estimate of drug-likeness (QED) is 0.165. The molecule has 2 heterocycles. The molecule has 0 unspecified atom stereocenters. The molecular weight excluding hydrogens is 681 g/mol. The summed E-state index contributed by atoms with van der Waals surface area (Å²) in [6.45, 7) is 0. The molecule has 4 aliphatic rings. The first-order valence-corrected chi connectivity index (χ1v) is 19.9. The maximum Gasteiger partial charge on any atom is 0.160 e. The Labute approximate surface area is 329 Å². The molecule has 0 saturated carbocycles. The highest BCUT2D eigenvalue weighted by Crippen LogP contribution is 2.57. The minimum Gasteiger partial charge on any atom is -0.457 e. The van der Waals surface area contributed by atoms with E-state index in [2.05, 4.69) is 182 Å². The molecule has 5 aromatic carbocycles. The van der Waals surface area contributed by atoms with E-state index in [0.29, 0.717) is 0 Å². The van der Waals surface area contributed by atoms with Crippen LogP contribution in [-0.4, -0.2) is 9.97 Å². The van der Waals surface area contributed by atoms with Crippen molar-refractivity contribution in [2.75, 3.05) is 0 Å². The van der Waals surface area contributed by atoms with Gasteiger partial charge in [0.15, 0.2) is 5.82 Å². The Morgan fingerprint density at radius 3 is 1.84 bits per heavy atom. The second-order valence-electron chi connectivity index (χ2n) is 15.0. The van der Waals surface area contributed by atoms with Crippen molar-refractivity contribution in [1.29, 1.82) is 0 Å². The minimum atomic E-state index is -0.566. The summed E-state index contributed by atoms with van der Waals surface area (Å²) in [5.41, 5.74) is 14.3. The predicted molar refractivity (Wildman–Crippen MR) is 230 cm³/mol. The molecular formula is C53H42N2O. The van der Waals surface area contributed by atoms with Gasteiger partial charge in [-0.15, -0.1) is 0 Å². The monoisotopic (exact) mass is 722 g/mol. The number of fused-ring (bicyclic) bond motifs is 2. The van der Waals surface area contributed by atoms with Crippen molar-refractivity contribution < 1.29 is 4.74 Å². The standard InChI is InChI=1S/C53H42N2O/c1-4-18-37(19-5-1)48-36-49(55-52(54-48)38-20-6-2-7-21-38)42-25-17-23-40(35-42)39-22-16-24-41(34-39)44-28-10-11-29-45(44)53(43-26-8-3-9-27-43)46-30-12-14-32-50(46)56-51-33-15-13-31-47(51)53/h1,4,6,8,10-18,20-36H,2-3,5,7,9,19H2. The fourth-order valence-corrected chi connectivity index (χ4v) is 8.91. The van der Waals surface area contributed by atoms with Crippen molar-refractivity contribution in [3.05, 3.63) is 216 Å². The number of para-hydroxylation sites is 2. The van der Waals surface area contributed by atoms with Gasteiger partial charge < -0.3 is 4.74 Å². The maximum absolute atomic E-state index is 6.63. The van der Waals surface area contributed by atoms with Crippen LogP contribution in [0.1, 0.15) is 66.7 Å². The molecule has 1 aliphatic heterocycles. The number of rotatable bonds is 7. The molecule has 270 valence electrons. The number of ether oxygens (including phenoxy) is 1. The molecule has 0 bridgehead atoms. The summed E-state index contributed by atoms with van der Waals surface area (Å²) < 4.78 is 6.63. The van der Waals surface area contributed by atoms with Crippen LogP contribution in [0.3, 0.4) is 0 Å². The van der Waals surface area contributed by atoms with Gasteiger partial charge >= 0.3 is 0 Å². The Hall–Kier alpha value is -6.58. The Balaban J connectivity index is 1.11. The molecule has 10 rings (SSSR count). The lowest BCUT2D eigenvalue weighted by Gasteiger charge is -2.43. The van der Waals surface area contributed by atoms with Crippen molar-refractivity contribution >= 4 is 11.1 Å². The van der Waals surface area contributed by atoms with Crippen molar-refractivity contribution in [2.45, 2.75) is 43.9 Å². The summed E-state index contributed by atoms with van der Waals surface area (Å²) in [5, 5.41) is 0. The lowest BCUT2D eigenvalue weighted by atomic mass is 9.61. The van der Waals surface area contributed by atoms with Gasteiger partial charge in [0.25, 0.3) is 0 Å². The highest BCUT2D eigenvalue weighted by Gasteiger charge is 2.47. The second-order valence-corrected chi connectivity index (χ2v) is 15.0. The molecule has 0 radical (unpaired) electrons.